The van der Waals surface area contributed by atoms with Crippen molar-refractivity contribution in [2.24, 2.45) is 5.92 Å². The maximum atomic E-state index is 11.6. The Morgan fingerprint density at radius 3 is 2.72 bits per heavy atom. The summed E-state index contributed by atoms with van der Waals surface area (Å²) in [6, 6.07) is 10.5. The van der Waals surface area contributed by atoms with Crippen LogP contribution >= 0.6 is 0 Å². The number of carbonyl (C=O) groups excluding carboxylic acids is 1. The molecule has 1 N–H and O–H groups in total. The molecule has 2 aliphatic rings. The molecule has 0 atom stereocenters. The van der Waals surface area contributed by atoms with Gasteiger partial charge in [-0.2, -0.15) is 5.26 Å². The topological polar surface area (TPSA) is 78.3 Å². The van der Waals surface area contributed by atoms with Crippen LogP contribution in [0.2, 0.25) is 0 Å². The number of aryl methyl sites for hydroxylation is 1. The number of carbonyl (C=O) groups is 1. The fourth-order valence-electron chi connectivity index (χ4n) is 4.87. The molecule has 1 saturated heterocycles. The van der Waals surface area contributed by atoms with Gasteiger partial charge in [-0.3, -0.25) is 14.7 Å². The zero-order valence-corrected chi connectivity index (χ0v) is 19.1. The Balaban J connectivity index is 1.34. The lowest BCUT2D eigenvalue weighted by Crippen LogP contribution is -2.52. The molecule has 0 radical (unpaired) electrons. The Bertz CT molecular complexity index is 1000. The number of nitrogens with zero attached hydrogens (tertiary/aromatic N) is 3. The second-order valence-corrected chi connectivity index (χ2v) is 9.10. The Morgan fingerprint density at radius 2 is 2.03 bits per heavy atom. The molecule has 168 valence electrons. The van der Waals surface area contributed by atoms with Crippen molar-refractivity contribution in [3.63, 3.8) is 0 Å². The molecule has 0 bridgehead atoms. The highest BCUT2D eigenvalue weighted by Gasteiger charge is 2.31. The van der Waals surface area contributed by atoms with Gasteiger partial charge in [-0.25, -0.2) is 0 Å². The predicted molar refractivity (Wildman–Crippen MR) is 123 cm³/mol. The van der Waals surface area contributed by atoms with Crippen molar-refractivity contribution in [2.45, 2.75) is 58.1 Å². The zero-order chi connectivity index (χ0) is 22.5. The Hall–Kier alpha value is -2.91. The number of rotatable bonds is 7. The highest BCUT2D eigenvalue weighted by Crippen LogP contribution is 2.34. The van der Waals surface area contributed by atoms with Crippen LogP contribution < -0.4 is 10.1 Å². The first-order valence-corrected chi connectivity index (χ1v) is 11.6. The van der Waals surface area contributed by atoms with Gasteiger partial charge in [-0.1, -0.05) is 31.4 Å². The third-order valence-electron chi connectivity index (χ3n) is 6.75. The van der Waals surface area contributed by atoms with Crippen LogP contribution in [0.4, 0.5) is 0 Å². The minimum atomic E-state index is 0.110. The molecule has 1 aromatic carbocycles. The lowest BCUT2D eigenvalue weighted by molar-refractivity contribution is -0.129. The SMILES string of the molecule is CNC(=O)C1CN(Cc2ccc(OCc3cc(C#N)c(C4CCCCC4)cn3)c(C)c2)C1. The van der Waals surface area contributed by atoms with Gasteiger partial charge in [0.05, 0.1) is 23.2 Å². The van der Waals surface area contributed by atoms with Crippen LogP contribution in [0.25, 0.3) is 0 Å². The number of likely N-dealkylation sites (tertiary alicyclic amines) is 1. The zero-order valence-electron chi connectivity index (χ0n) is 19.1. The second kappa shape index (κ2) is 10.1. The minimum absolute atomic E-state index is 0.110. The van der Waals surface area contributed by atoms with E-state index in [0.717, 1.165) is 60.6 Å². The Morgan fingerprint density at radius 1 is 1.25 bits per heavy atom. The van der Waals surface area contributed by atoms with Gasteiger partial charge >= 0.3 is 0 Å². The lowest BCUT2D eigenvalue weighted by atomic mass is 9.83. The molecule has 1 saturated carbocycles. The normalized spacial score (nSPS) is 17.4. The quantitative estimate of drug-likeness (QED) is 0.714. The molecule has 32 heavy (non-hydrogen) atoms. The highest BCUT2D eigenvalue weighted by molar-refractivity contribution is 5.79. The fourth-order valence-corrected chi connectivity index (χ4v) is 4.87. The summed E-state index contributed by atoms with van der Waals surface area (Å²) in [7, 11) is 1.69. The second-order valence-electron chi connectivity index (χ2n) is 9.10. The monoisotopic (exact) mass is 432 g/mol. The number of pyridine rings is 1. The van der Waals surface area contributed by atoms with Crippen LogP contribution in [0.5, 0.6) is 5.75 Å². The van der Waals surface area contributed by atoms with E-state index in [1.807, 2.05) is 25.3 Å². The molecular formula is C26H32N4O2. The summed E-state index contributed by atoms with van der Waals surface area (Å²) in [5.41, 5.74) is 4.91. The molecule has 2 heterocycles. The summed E-state index contributed by atoms with van der Waals surface area (Å²) in [5.74, 6) is 1.53. The fraction of sp³-hybridized carbons (Fsp3) is 0.500. The van der Waals surface area contributed by atoms with Crippen LogP contribution in [0, 0.1) is 24.2 Å². The number of ether oxygens (including phenoxy) is 1. The van der Waals surface area contributed by atoms with E-state index in [1.54, 1.807) is 7.05 Å². The molecule has 4 rings (SSSR count). The standard InChI is InChI=1S/C26H32N4O2/c1-18-10-19(14-30-15-22(16-30)26(31)28-2)8-9-25(18)32-17-23-11-21(12-27)24(13-29-23)20-6-4-3-5-7-20/h8-11,13,20,22H,3-7,14-17H2,1-2H3,(H,28,31). The van der Waals surface area contributed by atoms with E-state index >= 15 is 0 Å². The van der Waals surface area contributed by atoms with Crippen molar-refractivity contribution < 1.29 is 9.53 Å². The van der Waals surface area contributed by atoms with Crippen molar-refractivity contribution in [1.29, 1.82) is 5.26 Å². The van der Waals surface area contributed by atoms with Crippen molar-refractivity contribution >= 4 is 5.91 Å². The van der Waals surface area contributed by atoms with Gasteiger partial charge in [0.1, 0.15) is 12.4 Å². The number of amides is 1. The number of nitrogens with one attached hydrogen (secondary N) is 1. The van der Waals surface area contributed by atoms with Crippen molar-refractivity contribution in [3.8, 4) is 11.8 Å². The van der Waals surface area contributed by atoms with Crippen molar-refractivity contribution in [3.05, 3.63) is 58.4 Å². The lowest BCUT2D eigenvalue weighted by Gasteiger charge is -2.38. The Kier molecular flexibility index (Phi) is 7.06. The van der Waals surface area contributed by atoms with Gasteiger partial charge in [0, 0.05) is 32.9 Å². The largest absolute Gasteiger partial charge is 0.487 e. The van der Waals surface area contributed by atoms with E-state index in [-0.39, 0.29) is 11.8 Å². The summed E-state index contributed by atoms with van der Waals surface area (Å²) in [6.45, 7) is 4.84. The molecular weight excluding hydrogens is 400 g/mol. The molecule has 1 aromatic heterocycles. The van der Waals surface area contributed by atoms with Gasteiger partial charge in [0.2, 0.25) is 5.91 Å². The third-order valence-corrected chi connectivity index (χ3v) is 6.75. The minimum Gasteiger partial charge on any atom is -0.487 e. The summed E-state index contributed by atoms with van der Waals surface area (Å²) < 4.78 is 6.03. The number of benzene rings is 1. The van der Waals surface area contributed by atoms with Gasteiger partial charge in [0.25, 0.3) is 0 Å². The predicted octanol–water partition coefficient (Wildman–Crippen LogP) is 4.07. The molecule has 6 nitrogen and oxygen atoms in total. The molecule has 1 amide bonds. The summed E-state index contributed by atoms with van der Waals surface area (Å²) in [5, 5.41) is 12.4. The van der Waals surface area contributed by atoms with Crippen LogP contribution in [0.15, 0.2) is 30.5 Å². The average molecular weight is 433 g/mol. The van der Waals surface area contributed by atoms with Crippen LogP contribution in [-0.2, 0) is 17.9 Å². The summed E-state index contributed by atoms with van der Waals surface area (Å²) >= 11 is 0. The Labute approximate surface area is 190 Å². The number of nitriles is 1. The highest BCUT2D eigenvalue weighted by atomic mass is 16.5. The van der Waals surface area contributed by atoms with Gasteiger partial charge < -0.3 is 10.1 Å². The molecule has 1 aliphatic heterocycles. The maximum Gasteiger partial charge on any atom is 0.225 e. The van der Waals surface area contributed by atoms with E-state index in [1.165, 1.54) is 24.8 Å². The molecule has 1 aliphatic carbocycles. The number of hydrogen-bond donors (Lipinski definition) is 1. The molecule has 0 unspecified atom stereocenters. The van der Waals surface area contributed by atoms with E-state index in [9.17, 15) is 10.1 Å². The molecule has 2 aromatic rings. The summed E-state index contributed by atoms with van der Waals surface area (Å²) in [6.07, 6.45) is 7.97. The number of hydrogen-bond acceptors (Lipinski definition) is 5. The van der Waals surface area contributed by atoms with Gasteiger partial charge in [-0.15, -0.1) is 0 Å². The van der Waals surface area contributed by atoms with E-state index in [0.29, 0.717) is 12.5 Å². The van der Waals surface area contributed by atoms with Crippen molar-refractivity contribution in [1.82, 2.24) is 15.2 Å². The van der Waals surface area contributed by atoms with Crippen molar-refractivity contribution in [2.75, 3.05) is 20.1 Å². The first-order valence-electron chi connectivity index (χ1n) is 11.6. The first-order chi connectivity index (χ1) is 15.6. The van der Waals surface area contributed by atoms with E-state index < -0.39 is 0 Å². The van der Waals surface area contributed by atoms with E-state index in [2.05, 4.69) is 33.4 Å². The first kappa shape index (κ1) is 22.3. The average Bonchev–Trinajstić information content (AvgIpc) is 2.80. The maximum absolute atomic E-state index is 11.6. The molecule has 2 fully saturated rings. The van der Waals surface area contributed by atoms with Crippen LogP contribution in [0.1, 0.15) is 66.0 Å². The summed E-state index contributed by atoms with van der Waals surface area (Å²) in [4.78, 5) is 18.5. The molecule has 0 spiro atoms. The smallest absolute Gasteiger partial charge is 0.225 e. The third kappa shape index (κ3) is 5.11. The van der Waals surface area contributed by atoms with Gasteiger partial charge in [-0.05, 0) is 54.5 Å². The van der Waals surface area contributed by atoms with Crippen LogP contribution in [0.3, 0.4) is 0 Å². The number of aromatic nitrogens is 1. The molecule has 6 heteroatoms. The van der Waals surface area contributed by atoms with Crippen LogP contribution in [-0.4, -0.2) is 35.9 Å². The van der Waals surface area contributed by atoms with Gasteiger partial charge in [0.15, 0.2) is 0 Å². The van der Waals surface area contributed by atoms with E-state index in [4.69, 9.17) is 4.74 Å².